The molecule has 112 valence electrons. The highest BCUT2D eigenvalue weighted by molar-refractivity contribution is 5.48. The summed E-state index contributed by atoms with van der Waals surface area (Å²) in [7, 11) is 1.75. The van der Waals surface area contributed by atoms with E-state index in [2.05, 4.69) is 10.3 Å². The van der Waals surface area contributed by atoms with Gasteiger partial charge in [-0.3, -0.25) is 0 Å². The third-order valence-electron chi connectivity index (χ3n) is 3.37. The minimum absolute atomic E-state index is 0.0836. The quantitative estimate of drug-likeness (QED) is 0.902. The first-order valence-electron chi connectivity index (χ1n) is 7.04. The fraction of sp³-hybridized carbons (Fsp3) is 0.643. The Hall–Kier alpha value is -1.43. The molecular weight excluding hydrogens is 264 g/mol. The standard InChI is InChI=1S/C14H21F2N3O/c1-3-17-13-11(15)8-12(16)14(18-13)19(2)9-10-6-4-5-7-20-10/h8,10H,3-7,9H2,1-2H3,(H,17,18). The molecule has 6 heteroatoms. The van der Waals surface area contributed by atoms with Crippen LogP contribution in [0, 0.1) is 11.6 Å². The van der Waals surface area contributed by atoms with Crippen molar-refractivity contribution < 1.29 is 13.5 Å². The van der Waals surface area contributed by atoms with Gasteiger partial charge in [-0.05, 0) is 26.2 Å². The largest absolute Gasteiger partial charge is 0.376 e. The van der Waals surface area contributed by atoms with Gasteiger partial charge in [-0.15, -0.1) is 0 Å². The van der Waals surface area contributed by atoms with E-state index in [0.717, 1.165) is 31.9 Å². The Kier molecular flexibility index (Phi) is 5.11. The van der Waals surface area contributed by atoms with Gasteiger partial charge in [0.25, 0.3) is 0 Å². The highest BCUT2D eigenvalue weighted by atomic mass is 19.1. The molecule has 1 fully saturated rings. The lowest BCUT2D eigenvalue weighted by molar-refractivity contribution is 0.0215. The molecule has 4 nitrogen and oxygen atoms in total. The van der Waals surface area contributed by atoms with Crippen LogP contribution in [0.3, 0.4) is 0 Å². The Bertz CT molecular complexity index is 450. The van der Waals surface area contributed by atoms with E-state index in [0.29, 0.717) is 13.1 Å². The van der Waals surface area contributed by atoms with Gasteiger partial charge in [-0.25, -0.2) is 13.8 Å². The Morgan fingerprint density at radius 1 is 1.40 bits per heavy atom. The van der Waals surface area contributed by atoms with Gasteiger partial charge in [0.15, 0.2) is 23.3 Å². The zero-order chi connectivity index (χ0) is 14.5. The molecular formula is C14H21F2N3O. The molecule has 0 aromatic carbocycles. The van der Waals surface area contributed by atoms with Crippen molar-refractivity contribution in [1.29, 1.82) is 0 Å². The number of hydrogen-bond donors (Lipinski definition) is 1. The Morgan fingerprint density at radius 3 is 2.85 bits per heavy atom. The van der Waals surface area contributed by atoms with Crippen LogP contribution in [0.5, 0.6) is 0 Å². The van der Waals surface area contributed by atoms with Crippen molar-refractivity contribution in [3.8, 4) is 0 Å². The molecule has 1 aliphatic rings. The average molecular weight is 285 g/mol. The summed E-state index contributed by atoms with van der Waals surface area (Å²) in [5.74, 6) is -1.09. The molecule has 0 spiro atoms. The Balaban J connectivity index is 2.11. The van der Waals surface area contributed by atoms with Crippen LogP contribution in [0.4, 0.5) is 20.4 Å². The van der Waals surface area contributed by atoms with Gasteiger partial charge >= 0.3 is 0 Å². The topological polar surface area (TPSA) is 37.4 Å². The summed E-state index contributed by atoms with van der Waals surface area (Å²) < 4.78 is 33.0. The second-order valence-corrected chi connectivity index (χ2v) is 5.02. The maximum atomic E-state index is 13.9. The summed E-state index contributed by atoms with van der Waals surface area (Å²) >= 11 is 0. The van der Waals surface area contributed by atoms with Gasteiger partial charge in [0.1, 0.15) is 0 Å². The lowest BCUT2D eigenvalue weighted by atomic mass is 10.1. The molecule has 1 aliphatic heterocycles. The molecule has 0 aliphatic carbocycles. The van der Waals surface area contributed by atoms with Crippen molar-refractivity contribution in [1.82, 2.24) is 4.98 Å². The average Bonchev–Trinajstić information content (AvgIpc) is 2.43. The van der Waals surface area contributed by atoms with E-state index in [9.17, 15) is 8.78 Å². The van der Waals surface area contributed by atoms with E-state index >= 15 is 0 Å². The van der Waals surface area contributed by atoms with Gasteiger partial charge in [0, 0.05) is 32.8 Å². The minimum atomic E-state index is -0.671. The highest BCUT2D eigenvalue weighted by Crippen LogP contribution is 2.23. The van der Waals surface area contributed by atoms with E-state index in [1.807, 2.05) is 6.92 Å². The molecule has 2 heterocycles. The lowest BCUT2D eigenvalue weighted by Crippen LogP contribution is -2.34. The normalized spacial score (nSPS) is 18.9. The van der Waals surface area contributed by atoms with Crippen molar-refractivity contribution in [2.24, 2.45) is 0 Å². The fourth-order valence-electron chi connectivity index (χ4n) is 2.36. The van der Waals surface area contributed by atoms with Crippen molar-refractivity contribution in [3.63, 3.8) is 0 Å². The summed E-state index contributed by atoms with van der Waals surface area (Å²) in [4.78, 5) is 5.72. The molecule has 1 atom stereocenters. The zero-order valence-electron chi connectivity index (χ0n) is 12.0. The van der Waals surface area contributed by atoms with Crippen LogP contribution in [0.25, 0.3) is 0 Å². The number of nitrogens with one attached hydrogen (secondary N) is 1. The number of rotatable bonds is 5. The monoisotopic (exact) mass is 285 g/mol. The first-order chi connectivity index (χ1) is 9.61. The summed E-state index contributed by atoms with van der Waals surface area (Å²) in [5, 5.41) is 2.79. The maximum Gasteiger partial charge on any atom is 0.168 e. The van der Waals surface area contributed by atoms with Crippen molar-refractivity contribution >= 4 is 11.6 Å². The van der Waals surface area contributed by atoms with Crippen LogP contribution in [0.2, 0.25) is 0 Å². The second kappa shape index (κ2) is 6.83. The van der Waals surface area contributed by atoms with Crippen LogP contribution in [0.15, 0.2) is 6.07 Å². The molecule has 2 rings (SSSR count). The number of nitrogens with zero attached hydrogens (tertiary/aromatic N) is 2. The highest BCUT2D eigenvalue weighted by Gasteiger charge is 2.20. The van der Waals surface area contributed by atoms with Crippen molar-refractivity contribution in [2.75, 3.05) is 37.0 Å². The number of pyridine rings is 1. The fourth-order valence-corrected chi connectivity index (χ4v) is 2.36. The smallest absolute Gasteiger partial charge is 0.168 e. The molecule has 1 aromatic rings. The lowest BCUT2D eigenvalue weighted by Gasteiger charge is -2.28. The van der Waals surface area contributed by atoms with E-state index in [4.69, 9.17) is 4.74 Å². The minimum Gasteiger partial charge on any atom is -0.376 e. The Morgan fingerprint density at radius 2 is 2.20 bits per heavy atom. The summed E-state index contributed by atoms with van der Waals surface area (Å²) in [6.45, 7) is 3.68. The Labute approximate surface area is 118 Å². The first-order valence-corrected chi connectivity index (χ1v) is 7.04. The number of ether oxygens (including phenoxy) is 1. The van der Waals surface area contributed by atoms with E-state index in [1.165, 1.54) is 0 Å². The molecule has 0 radical (unpaired) electrons. The van der Waals surface area contributed by atoms with E-state index in [1.54, 1.807) is 11.9 Å². The molecule has 1 N–H and O–H groups in total. The van der Waals surface area contributed by atoms with Crippen molar-refractivity contribution in [3.05, 3.63) is 17.7 Å². The summed E-state index contributed by atoms with van der Waals surface area (Å²) in [6, 6.07) is 0.874. The van der Waals surface area contributed by atoms with Crippen LogP contribution in [-0.4, -0.2) is 37.8 Å². The molecule has 1 saturated heterocycles. The van der Waals surface area contributed by atoms with E-state index in [-0.39, 0.29) is 17.7 Å². The number of hydrogen-bond acceptors (Lipinski definition) is 4. The number of likely N-dealkylation sites (N-methyl/N-ethyl adjacent to an activating group) is 1. The number of anilines is 2. The van der Waals surface area contributed by atoms with E-state index < -0.39 is 11.6 Å². The van der Waals surface area contributed by atoms with Gasteiger partial charge in [0.2, 0.25) is 0 Å². The summed E-state index contributed by atoms with van der Waals surface area (Å²) in [6.07, 6.45) is 3.25. The van der Waals surface area contributed by atoms with Gasteiger partial charge < -0.3 is 15.0 Å². The predicted octanol–water partition coefficient (Wildman–Crippen LogP) is 2.80. The third-order valence-corrected chi connectivity index (χ3v) is 3.37. The van der Waals surface area contributed by atoms with Gasteiger partial charge in [0.05, 0.1) is 6.10 Å². The van der Waals surface area contributed by atoms with Crippen LogP contribution >= 0.6 is 0 Å². The van der Waals surface area contributed by atoms with Crippen LogP contribution in [-0.2, 0) is 4.74 Å². The summed E-state index contributed by atoms with van der Waals surface area (Å²) in [5.41, 5.74) is 0. The predicted molar refractivity (Wildman–Crippen MR) is 75.2 cm³/mol. The molecule has 0 amide bonds. The number of halogens is 2. The molecule has 0 saturated carbocycles. The molecule has 1 aromatic heterocycles. The zero-order valence-corrected chi connectivity index (χ0v) is 12.0. The van der Waals surface area contributed by atoms with Gasteiger partial charge in [-0.1, -0.05) is 0 Å². The number of aromatic nitrogens is 1. The van der Waals surface area contributed by atoms with Crippen LogP contribution < -0.4 is 10.2 Å². The first kappa shape index (κ1) is 15.0. The molecule has 0 bridgehead atoms. The maximum absolute atomic E-state index is 13.9. The molecule has 20 heavy (non-hydrogen) atoms. The molecule has 1 unspecified atom stereocenters. The van der Waals surface area contributed by atoms with Crippen molar-refractivity contribution in [2.45, 2.75) is 32.3 Å². The second-order valence-electron chi connectivity index (χ2n) is 5.02. The van der Waals surface area contributed by atoms with Gasteiger partial charge in [-0.2, -0.15) is 0 Å². The third kappa shape index (κ3) is 3.56. The SMILES string of the molecule is CCNc1nc(N(C)CC2CCCCO2)c(F)cc1F. The van der Waals surface area contributed by atoms with Crippen LogP contribution in [0.1, 0.15) is 26.2 Å².